The molecule has 21 heavy (non-hydrogen) atoms. The van der Waals surface area contributed by atoms with E-state index < -0.39 is 0 Å². The molecule has 0 bridgehead atoms. The van der Waals surface area contributed by atoms with Crippen LogP contribution >= 0.6 is 0 Å². The van der Waals surface area contributed by atoms with Crippen LogP contribution in [0.25, 0.3) is 0 Å². The van der Waals surface area contributed by atoms with Crippen LogP contribution in [0.3, 0.4) is 0 Å². The second kappa shape index (κ2) is 5.44. The van der Waals surface area contributed by atoms with Gasteiger partial charge in [0.05, 0.1) is 23.6 Å². The van der Waals surface area contributed by atoms with Crippen molar-refractivity contribution < 1.29 is 9.90 Å². The molecule has 2 heterocycles. The third-order valence-corrected chi connectivity index (χ3v) is 4.71. The van der Waals surface area contributed by atoms with Crippen molar-refractivity contribution in [3.05, 3.63) is 17.5 Å². The molecule has 5 nitrogen and oxygen atoms in total. The topological polar surface area (TPSA) is 58.4 Å². The molecule has 2 aliphatic rings. The molecule has 0 radical (unpaired) electrons. The number of aromatic nitrogens is 2. The van der Waals surface area contributed by atoms with Gasteiger partial charge in [0.15, 0.2) is 0 Å². The fraction of sp³-hybridized carbons (Fsp3) is 0.750. The Morgan fingerprint density at radius 2 is 2.05 bits per heavy atom. The highest BCUT2D eigenvalue weighted by molar-refractivity contribution is 5.95. The maximum absolute atomic E-state index is 12.8. The van der Waals surface area contributed by atoms with Crippen molar-refractivity contribution in [3.8, 4) is 0 Å². The van der Waals surface area contributed by atoms with E-state index in [0.717, 1.165) is 37.1 Å². The van der Waals surface area contributed by atoms with Gasteiger partial charge in [-0.1, -0.05) is 0 Å². The highest BCUT2D eigenvalue weighted by atomic mass is 16.3. The predicted octanol–water partition coefficient (Wildman–Crippen LogP) is 2.18. The lowest BCUT2D eigenvalue weighted by Gasteiger charge is -2.18. The molecule has 0 aromatic carbocycles. The molecule has 1 saturated carbocycles. The minimum absolute atomic E-state index is 0.0898. The van der Waals surface area contributed by atoms with Crippen LogP contribution < -0.4 is 0 Å². The van der Waals surface area contributed by atoms with Gasteiger partial charge in [0.1, 0.15) is 0 Å². The summed E-state index contributed by atoms with van der Waals surface area (Å²) in [4.78, 5) is 14.7. The number of likely N-dealkylation sites (tertiary alicyclic amines) is 1. The second-order valence-corrected chi connectivity index (χ2v) is 6.80. The average Bonchev–Trinajstić information content (AvgIpc) is 3.00. The van der Waals surface area contributed by atoms with Gasteiger partial charge in [-0.2, -0.15) is 5.10 Å². The Morgan fingerprint density at radius 3 is 2.57 bits per heavy atom. The van der Waals surface area contributed by atoms with Gasteiger partial charge in [-0.05, 0) is 40.0 Å². The lowest BCUT2D eigenvalue weighted by molar-refractivity contribution is 0.0761. The normalized spacial score (nSPS) is 23.9. The minimum Gasteiger partial charge on any atom is -0.393 e. The Kier molecular flexibility index (Phi) is 3.78. The van der Waals surface area contributed by atoms with E-state index in [1.54, 1.807) is 6.20 Å². The van der Waals surface area contributed by atoms with Crippen LogP contribution in [0.15, 0.2) is 6.20 Å². The molecule has 1 saturated heterocycles. The third kappa shape index (κ3) is 2.71. The first kappa shape index (κ1) is 14.6. The first-order valence-corrected chi connectivity index (χ1v) is 8.03. The molecular formula is C16H25N3O2. The zero-order valence-corrected chi connectivity index (χ0v) is 13.1. The zero-order chi connectivity index (χ0) is 15.1. The average molecular weight is 291 g/mol. The number of nitrogens with zero attached hydrogens (tertiary/aromatic N) is 3. The Bertz CT molecular complexity index is 532. The van der Waals surface area contributed by atoms with E-state index in [1.807, 2.05) is 16.5 Å². The van der Waals surface area contributed by atoms with Crippen molar-refractivity contribution in [1.82, 2.24) is 14.7 Å². The molecule has 1 aliphatic carbocycles. The first-order chi connectivity index (χ1) is 9.99. The largest absolute Gasteiger partial charge is 0.393 e. The summed E-state index contributed by atoms with van der Waals surface area (Å²) in [6, 6.07) is 0.283. The smallest absolute Gasteiger partial charge is 0.257 e. The fourth-order valence-electron chi connectivity index (χ4n) is 3.25. The summed E-state index contributed by atoms with van der Waals surface area (Å²) in [5.41, 5.74) is 1.90. The monoisotopic (exact) mass is 291 g/mol. The maximum Gasteiger partial charge on any atom is 0.257 e. The number of carbonyl (C=O) groups excluding carboxylic acids is 1. The summed E-state index contributed by atoms with van der Waals surface area (Å²) in [5.74, 6) is 0.800. The third-order valence-electron chi connectivity index (χ3n) is 4.71. The summed E-state index contributed by atoms with van der Waals surface area (Å²) in [6.45, 7) is 7.42. The van der Waals surface area contributed by atoms with Gasteiger partial charge in [-0.3, -0.25) is 9.48 Å². The lowest BCUT2D eigenvalue weighted by Crippen LogP contribution is -2.31. The van der Waals surface area contributed by atoms with Gasteiger partial charge in [0.25, 0.3) is 5.91 Å². The number of aliphatic hydroxyl groups excluding tert-OH is 1. The van der Waals surface area contributed by atoms with Crippen molar-refractivity contribution >= 4 is 5.91 Å². The maximum atomic E-state index is 12.8. The van der Waals surface area contributed by atoms with Crippen molar-refractivity contribution in [2.24, 2.45) is 5.92 Å². The van der Waals surface area contributed by atoms with Gasteiger partial charge in [0.2, 0.25) is 0 Å². The van der Waals surface area contributed by atoms with E-state index in [-0.39, 0.29) is 24.0 Å². The van der Waals surface area contributed by atoms with Crippen LogP contribution in [0.1, 0.15) is 68.0 Å². The van der Waals surface area contributed by atoms with E-state index in [9.17, 15) is 9.90 Å². The molecule has 1 N–H and O–H groups in total. The molecule has 1 aliphatic heterocycles. The quantitative estimate of drug-likeness (QED) is 0.925. The van der Waals surface area contributed by atoms with Crippen molar-refractivity contribution in [3.63, 3.8) is 0 Å². The van der Waals surface area contributed by atoms with E-state index in [2.05, 4.69) is 18.9 Å². The molecule has 3 rings (SSSR count). The Labute approximate surface area is 125 Å². The van der Waals surface area contributed by atoms with E-state index in [4.69, 9.17) is 0 Å². The van der Waals surface area contributed by atoms with Crippen molar-refractivity contribution in [2.45, 2.75) is 58.1 Å². The van der Waals surface area contributed by atoms with E-state index in [1.165, 1.54) is 0 Å². The van der Waals surface area contributed by atoms with Gasteiger partial charge >= 0.3 is 0 Å². The lowest BCUT2D eigenvalue weighted by atomic mass is 10.0. The minimum atomic E-state index is -0.343. The van der Waals surface area contributed by atoms with Crippen LogP contribution in [-0.4, -0.2) is 44.9 Å². The van der Waals surface area contributed by atoms with Crippen LogP contribution in [0.5, 0.6) is 0 Å². The Hall–Kier alpha value is -1.36. The molecule has 1 aromatic heterocycles. The van der Waals surface area contributed by atoms with Gasteiger partial charge in [0, 0.05) is 31.0 Å². The molecule has 2 unspecified atom stereocenters. The summed E-state index contributed by atoms with van der Waals surface area (Å²) in [5, 5.41) is 14.1. The van der Waals surface area contributed by atoms with Crippen molar-refractivity contribution in [2.75, 3.05) is 13.1 Å². The standard InChI is InChI=1S/C16H25N3O2/c1-10(2)19-15(12-4-5-12)14(8-17-19)16(21)18-7-6-13(9-18)11(3)20/h8,10-13,20H,4-7,9H2,1-3H3. The number of carbonyl (C=O) groups is 1. The van der Waals surface area contributed by atoms with E-state index >= 15 is 0 Å². The summed E-state index contributed by atoms with van der Waals surface area (Å²) in [7, 11) is 0. The SMILES string of the molecule is CC(O)C1CCN(C(=O)c2cnn(C(C)C)c2C2CC2)C1. The number of amides is 1. The number of hydrogen-bond acceptors (Lipinski definition) is 3. The number of rotatable bonds is 4. The van der Waals surface area contributed by atoms with Crippen LogP contribution in [0.2, 0.25) is 0 Å². The van der Waals surface area contributed by atoms with Crippen LogP contribution in [0.4, 0.5) is 0 Å². The summed E-state index contributed by atoms with van der Waals surface area (Å²) < 4.78 is 2.01. The highest BCUT2D eigenvalue weighted by Gasteiger charge is 2.36. The molecule has 1 aromatic rings. The van der Waals surface area contributed by atoms with Crippen molar-refractivity contribution in [1.29, 1.82) is 0 Å². The molecule has 2 fully saturated rings. The number of aliphatic hydroxyl groups is 1. The zero-order valence-electron chi connectivity index (χ0n) is 13.1. The predicted molar refractivity (Wildman–Crippen MR) is 80.3 cm³/mol. The molecule has 2 atom stereocenters. The Morgan fingerprint density at radius 1 is 1.33 bits per heavy atom. The van der Waals surface area contributed by atoms with Gasteiger partial charge < -0.3 is 10.0 Å². The van der Waals surface area contributed by atoms with Crippen LogP contribution in [0, 0.1) is 5.92 Å². The van der Waals surface area contributed by atoms with E-state index in [0.29, 0.717) is 12.5 Å². The fourth-order valence-corrected chi connectivity index (χ4v) is 3.25. The first-order valence-electron chi connectivity index (χ1n) is 8.03. The second-order valence-electron chi connectivity index (χ2n) is 6.80. The van der Waals surface area contributed by atoms with Gasteiger partial charge in [-0.25, -0.2) is 0 Å². The Balaban J connectivity index is 1.82. The molecule has 5 heteroatoms. The molecule has 1 amide bonds. The highest BCUT2D eigenvalue weighted by Crippen LogP contribution is 2.43. The van der Waals surface area contributed by atoms with Gasteiger partial charge in [-0.15, -0.1) is 0 Å². The number of hydrogen-bond donors (Lipinski definition) is 1. The van der Waals surface area contributed by atoms with Crippen LogP contribution in [-0.2, 0) is 0 Å². The summed E-state index contributed by atoms with van der Waals surface area (Å²) in [6.07, 6.45) is 4.61. The summed E-state index contributed by atoms with van der Waals surface area (Å²) >= 11 is 0. The molecule has 0 spiro atoms. The molecule has 116 valence electrons. The molecular weight excluding hydrogens is 266 g/mol.